The van der Waals surface area contributed by atoms with Crippen molar-refractivity contribution >= 4 is 23.3 Å². The summed E-state index contributed by atoms with van der Waals surface area (Å²) < 4.78 is 62.2. The Morgan fingerprint density at radius 1 is 0.500 bits per heavy atom. The first-order chi connectivity index (χ1) is 25.3. The summed E-state index contributed by atoms with van der Waals surface area (Å²) in [5.74, 6) is -0.390. The number of nitrogens with one attached hydrogen (secondary N) is 2. The van der Waals surface area contributed by atoms with Gasteiger partial charge < -0.3 is 15.1 Å². The van der Waals surface area contributed by atoms with E-state index >= 15 is 0 Å². The Hall–Kier alpha value is -7.22. The number of anilines is 4. The molecule has 0 aliphatic rings. The molecule has 5 aromatic carbocycles. The molecule has 0 aliphatic heterocycles. The zero-order valence-corrected chi connectivity index (χ0v) is 26.7. The number of aromatic nitrogens is 7. The van der Waals surface area contributed by atoms with Crippen LogP contribution in [0.1, 0.15) is 0 Å². The fourth-order valence-corrected chi connectivity index (χ4v) is 5.22. The average molecular weight is 698 g/mol. The molecule has 0 aliphatic carbocycles. The molecule has 14 heteroatoms. The summed E-state index contributed by atoms with van der Waals surface area (Å²) in [4.78, 5) is 18.1. The number of hydrogen-bond acceptors (Lipinski definition) is 9. The Labute approximate surface area is 292 Å². The molecule has 254 valence electrons. The van der Waals surface area contributed by atoms with E-state index in [-0.39, 0.29) is 23.5 Å². The number of hydrogen-bond donors (Lipinski definition) is 2. The first-order valence-electron chi connectivity index (χ1n) is 15.7. The van der Waals surface area contributed by atoms with E-state index in [1.54, 1.807) is 54.7 Å². The summed E-state index contributed by atoms with van der Waals surface area (Å²) in [5.41, 5.74) is 4.40. The topological polar surface area (TPSA) is 119 Å². The van der Waals surface area contributed by atoms with Gasteiger partial charge in [0.25, 0.3) is 0 Å². The van der Waals surface area contributed by atoms with E-state index in [2.05, 4.69) is 35.9 Å². The van der Waals surface area contributed by atoms with Crippen molar-refractivity contribution in [2.45, 2.75) is 0 Å². The van der Waals surface area contributed by atoms with E-state index in [1.165, 1.54) is 77.5 Å². The van der Waals surface area contributed by atoms with Crippen LogP contribution in [0.4, 0.5) is 40.8 Å². The fourth-order valence-electron chi connectivity index (χ4n) is 5.22. The Morgan fingerprint density at radius 3 is 1.52 bits per heavy atom. The van der Waals surface area contributed by atoms with Crippen LogP contribution in [0.3, 0.4) is 0 Å². The lowest BCUT2D eigenvalue weighted by molar-refractivity contribution is 0.588. The zero-order valence-electron chi connectivity index (χ0n) is 26.7. The van der Waals surface area contributed by atoms with Crippen LogP contribution in [-0.2, 0) is 0 Å². The van der Waals surface area contributed by atoms with Crippen LogP contribution >= 0.6 is 0 Å². The zero-order chi connectivity index (χ0) is 35.6. The van der Waals surface area contributed by atoms with E-state index in [1.807, 2.05) is 0 Å². The van der Waals surface area contributed by atoms with Crippen LogP contribution in [0.5, 0.6) is 0 Å². The van der Waals surface area contributed by atoms with Gasteiger partial charge in [0, 0.05) is 28.1 Å². The molecule has 0 spiro atoms. The third-order valence-corrected chi connectivity index (χ3v) is 7.79. The lowest BCUT2D eigenvalue weighted by Crippen LogP contribution is -2.05. The van der Waals surface area contributed by atoms with Crippen molar-refractivity contribution in [2.75, 3.05) is 10.6 Å². The van der Waals surface area contributed by atoms with Crippen molar-refractivity contribution in [2.24, 2.45) is 0 Å². The van der Waals surface area contributed by atoms with Gasteiger partial charge in [0.05, 0.1) is 11.9 Å². The molecule has 10 nitrogen and oxygen atoms in total. The van der Waals surface area contributed by atoms with Gasteiger partial charge in [-0.15, -0.1) is 5.10 Å². The quantitative estimate of drug-likeness (QED) is 0.142. The second-order valence-corrected chi connectivity index (χ2v) is 11.4. The number of nitrogens with zero attached hydrogens (tertiary/aromatic N) is 7. The van der Waals surface area contributed by atoms with Crippen molar-refractivity contribution < 1.29 is 22.0 Å². The largest absolute Gasteiger partial charge is 0.435 e. The molecule has 3 aromatic heterocycles. The van der Waals surface area contributed by atoms with Crippen molar-refractivity contribution in [1.82, 2.24) is 34.9 Å². The monoisotopic (exact) mass is 697 g/mol. The Kier molecular flexibility index (Phi) is 8.37. The summed E-state index contributed by atoms with van der Waals surface area (Å²) in [7, 11) is 0. The number of benzene rings is 5. The summed E-state index contributed by atoms with van der Waals surface area (Å²) in [6.07, 6.45) is 1.64. The summed E-state index contributed by atoms with van der Waals surface area (Å²) in [6, 6.07) is 30.3. The minimum atomic E-state index is -0.393. The molecule has 8 aromatic rings. The van der Waals surface area contributed by atoms with E-state index in [0.717, 1.165) is 0 Å². The highest BCUT2D eigenvalue weighted by molar-refractivity contribution is 5.79. The molecule has 0 saturated heterocycles. The molecule has 3 heterocycles. The molecule has 0 fully saturated rings. The molecule has 2 N–H and O–H groups in total. The molecule has 0 saturated carbocycles. The van der Waals surface area contributed by atoms with E-state index in [0.29, 0.717) is 56.8 Å². The molecule has 0 atom stereocenters. The van der Waals surface area contributed by atoms with Crippen LogP contribution in [0.2, 0.25) is 0 Å². The van der Waals surface area contributed by atoms with Crippen molar-refractivity contribution in [3.63, 3.8) is 0 Å². The molecule has 52 heavy (non-hydrogen) atoms. The first-order valence-corrected chi connectivity index (χ1v) is 15.7. The highest BCUT2D eigenvalue weighted by Gasteiger charge is 2.19. The maximum Gasteiger partial charge on any atom is 0.232 e. The maximum absolute atomic E-state index is 13.7. The SMILES string of the molecule is Fc1ccc(Nc2nc(Nc3ccc(F)cc3)nc(-c3cn(-c4ccc(-c5nc(-c6ccc(F)cc6)c(-c6ccc(F)cc6)o5)cc4)nn3)n2)cc1. The minimum absolute atomic E-state index is 0.145. The second kappa shape index (κ2) is 13.6. The molecule has 0 unspecified atom stereocenters. The van der Waals surface area contributed by atoms with Crippen molar-refractivity contribution in [3.05, 3.63) is 151 Å². The van der Waals surface area contributed by atoms with E-state index < -0.39 is 17.5 Å². The lowest BCUT2D eigenvalue weighted by Gasteiger charge is -2.09. The smallest absolute Gasteiger partial charge is 0.232 e. The average Bonchev–Trinajstić information content (AvgIpc) is 3.84. The minimum Gasteiger partial charge on any atom is -0.435 e. The number of oxazole rings is 1. The summed E-state index contributed by atoms with van der Waals surface area (Å²) in [6.45, 7) is 0. The van der Waals surface area contributed by atoms with E-state index in [9.17, 15) is 17.6 Å². The third-order valence-electron chi connectivity index (χ3n) is 7.79. The van der Waals surface area contributed by atoms with E-state index in [4.69, 9.17) is 9.40 Å². The fraction of sp³-hybridized carbons (Fsp3) is 0. The van der Waals surface area contributed by atoms with Crippen LogP contribution in [0, 0.1) is 23.3 Å². The number of rotatable bonds is 9. The van der Waals surface area contributed by atoms with Gasteiger partial charge in [-0.05, 0) is 121 Å². The predicted octanol–water partition coefficient (Wildman–Crippen LogP) is 9.15. The van der Waals surface area contributed by atoms with Crippen LogP contribution in [-0.4, -0.2) is 34.9 Å². The van der Waals surface area contributed by atoms with Gasteiger partial charge in [0.15, 0.2) is 17.3 Å². The van der Waals surface area contributed by atoms with Crippen LogP contribution in [0.15, 0.2) is 132 Å². The van der Waals surface area contributed by atoms with Gasteiger partial charge in [0.2, 0.25) is 17.8 Å². The molecule has 0 bridgehead atoms. The van der Waals surface area contributed by atoms with Gasteiger partial charge in [-0.3, -0.25) is 0 Å². The molecule has 8 rings (SSSR count). The molecule has 0 amide bonds. The molecular weight excluding hydrogens is 674 g/mol. The summed E-state index contributed by atoms with van der Waals surface area (Å²) in [5, 5.41) is 14.6. The standard InChI is InChI=1S/C38H23F4N9O/c39-25-7-1-22(2-8-25)33-34(23-3-9-26(40)10-4-23)52-36(45-33)24-5-19-31(20-6-24)51-21-32(49-50-51)35-46-37(43-29-15-11-27(41)12-16-29)48-38(47-35)44-30-17-13-28(42)14-18-30/h1-21H,(H2,43,44,46,47,48). The van der Waals surface area contributed by atoms with Gasteiger partial charge in [-0.1, -0.05) is 5.21 Å². The van der Waals surface area contributed by atoms with Crippen molar-refractivity contribution in [3.8, 4) is 51.2 Å². The normalized spacial score (nSPS) is 11.1. The lowest BCUT2D eigenvalue weighted by atomic mass is 10.1. The highest BCUT2D eigenvalue weighted by Crippen LogP contribution is 2.36. The van der Waals surface area contributed by atoms with Gasteiger partial charge in [-0.2, -0.15) is 15.0 Å². The highest BCUT2D eigenvalue weighted by atomic mass is 19.1. The maximum atomic E-state index is 13.7. The van der Waals surface area contributed by atoms with Gasteiger partial charge >= 0.3 is 0 Å². The molecular formula is C38H23F4N9O. The Morgan fingerprint density at radius 2 is 0.981 bits per heavy atom. The second-order valence-electron chi connectivity index (χ2n) is 11.4. The predicted molar refractivity (Wildman–Crippen MR) is 186 cm³/mol. The Bertz CT molecular complexity index is 2360. The Balaban J connectivity index is 1.09. The van der Waals surface area contributed by atoms with Crippen molar-refractivity contribution in [1.29, 1.82) is 0 Å². The summed E-state index contributed by atoms with van der Waals surface area (Å²) >= 11 is 0. The van der Waals surface area contributed by atoms with Gasteiger partial charge in [-0.25, -0.2) is 27.2 Å². The number of halogens is 4. The molecule has 0 radical (unpaired) electrons. The van der Waals surface area contributed by atoms with Crippen LogP contribution < -0.4 is 10.6 Å². The third kappa shape index (κ3) is 6.93. The first kappa shape index (κ1) is 32.0. The van der Waals surface area contributed by atoms with Gasteiger partial charge in [0.1, 0.15) is 29.0 Å². The van der Waals surface area contributed by atoms with Crippen LogP contribution in [0.25, 0.3) is 51.2 Å².